The number of aliphatic imine (C=N–C) groups is 1. The highest BCUT2D eigenvalue weighted by Gasteiger charge is 2.32. The highest BCUT2D eigenvalue weighted by Crippen LogP contribution is 2.29. The molecule has 0 saturated carbocycles. The van der Waals surface area contributed by atoms with Crippen LogP contribution in [0.5, 0.6) is 0 Å². The molecule has 1 aromatic heterocycles. The molecule has 17 heavy (non-hydrogen) atoms. The first-order valence-corrected chi connectivity index (χ1v) is 5.34. The minimum Gasteiger partial charge on any atom is -0.388 e. The molecule has 0 aromatic carbocycles. The molecule has 0 spiro atoms. The van der Waals surface area contributed by atoms with Gasteiger partial charge in [0, 0.05) is 0 Å². The normalized spacial score (nSPS) is 30.9. The number of nitrogens with two attached hydrogens (primary N) is 1. The third-order valence-corrected chi connectivity index (χ3v) is 3.06. The van der Waals surface area contributed by atoms with E-state index >= 15 is 0 Å². The standard InChI is InChI=1S/C10H13N5O2/c11-9-7-10(13-3-12-9)15(4-14-7)5-1-2-6(16)8(5)17/h1-2,4-6,8,13,16-17H,3H2,(H2,11,12)/t5-,6-,8+/m1/s1. The van der Waals surface area contributed by atoms with Crippen molar-refractivity contribution in [2.75, 3.05) is 12.0 Å². The first kappa shape index (κ1) is 10.3. The predicted octanol–water partition coefficient (Wildman–Crippen LogP) is -1.20. The zero-order valence-electron chi connectivity index (χ0n) is 8.98. The number of hydrogen-bond donors (Lipinski definition) is 4. The van der Waals surface area contributed by atoms with E-state index < -0.39 is 12.2 Å². The van der Waals surface area contributed by atoms with E-state index in [0.717, 1.165) is 5.82 Å². The number of aromatic nitrogens is 2. The van der Waals surface area contributed by atoms with Crippen LogP contribution in [0.1, 0.15) is 11.7 Å². The maximum atomic E-state index is 9.85. The van der Waals surface area contributed by atoms with Crippen LogP contribution >= 0.6 is 0 Å². The second kappa shape index (κ2) is 3.57. The Morgan fingerprint density at radius 1 is 1.41 bits per heavy atom. The van der Waals surface area contributed by atoms with Crippen molar-refractivity contribution in [1.29, 1.82) is 0 Å². The molecule has 90 valence electrons. The summed E-state index contributed by atoms with van der Waals surface area (Å²) in [6.07, 6.45) is 3.20. The van der Waals surface area contributed by atoms with Gasteiger partial charge >= 0.3 is 0 Å². The molecule has 0 unspecified atom stereocenters. The van der Waals surface area contributed by atoms with E-state index in [2.05, 4.69) is 15.3 Å². The van der Waals surface area contributed by atoms with E-state index in [1.807, 2.05) is 0 Å². The SMILES string of the molecule is NC1=NCNc2c1ncn2[C@@H]1C=C[C@@H](O)[C@H]1O. The van der Waals surface area contributed by atoms with Crippen LogP contribution in [0, 0.1) is 0 Å². The van der Waals surface area contributed by atoms with Gasteiger partial charge in [-0.2, -0.15) is 0 Å². The van der Waals surface area contributed by atoms with Crippen molar-refractivity contribution < 1.29 is 10.2 Å². The topological polar surface area (TPSA) is 109 Å². The van der Waals surface area contributed by atoms with E-state index in [4.69, 9.17) is 5.73 Å². The van der Waals surface area contributed by atoms with Crippen molar-refractivity contribution in [3.05, 3.63) is 24.2 Å². The lowest BCUT2D eigenvalue weighted by atomic mass is 10.2. The average Bonchev–Trinajstić information content (AvgIpc) is 2.86. The average molecular weight is 235 g/mol. The third-order valence-electron chi connectivity index (χ3n) is 3.06. The van der Waals surface area contributed by atoms with E-state index in [0.29, 0.717) is 18.2 Å². The van der Waals surface area contributed by atoms with Crippen molar-refractivity contribution in [3.63, 3.8) is 0 Å². The van der Waals surface area contributed by atoms with Crippen LogP contribution in [0.25, 0.3) is 0 Å². The Bertz CT molecular complexity index is 507. The number of aliphatic hydroxyl groups is 2. The number of nitrogens with zero attached hydrogens (tertiary/aromatic N) is 3. The highest BCUT2D eigenvalue weighted by atomic mass is 16.3. The van der Waals surface area contributed by atoms with Crippen LogP contribution in [0.15, 0.2) is 23.5 Å². The first-order chi connectivity index (χ1) is 8.18. The lowest BCUT2D eigenvalue weighted by Crippen LogP contribution is -2.30. The second-order valence-electron chi connectivity index (χ2n) is 4.08. The summed E-state index contributed by atoms with van der Waals surface area (Å²) in [6, 6.07) is -0.334. The van der Waals surface area contributed by atoms with E-state index in [1.165, 1.54) is 0 Å². The Morgan fingerprint density at radius 3 is 2.94 bits per heavy atom. The molecule has 2 heterocycles. The number of anilines is 1. The predicted molar refractivity (Wildman–Crippen MR) is 61.6 cm³/mol. The van der Waals surface area contributed by atoms with Gasteiger partial charge in [0.05, 0.1) is 12.4 Å². The molecule has 0 amide bonds. The van der Waals surface area contributed by atoms with Crippen molar-refractivity contribution in [1.82, 2.24) is 9.55 Å². The van der Waals surface area contributed by atoms with E-state index in [9.17, 15) is 10.2 Å². The summed E-state index contributed by atoms with van der Waals surface area (Å²) in [6.45, 7) is 0.389. The van der Waals surface area contributed by atoms with Crippen LogP contribution in [0.3, 0.4) is 0 Å². The molecule has 0 radical (unpaired) electrons. The summed E-state index contributed by atoms with van der Waals surface area (Å²) in [5, 5.41) is 22.4. The molecule has 1 aromatic rings. The van der Waals surface area contributed by atoms with Crippen LogP contribution < -0.4 is 11.1 Å². The van der Waals surface area contributed by atoms with Crippen molar-refractivity contribution in [2.24, 2.45) is 10.7 Å². The molecule has 1 aliphatic heterocycles. The zero-order chi connectivity index (χ0) is 12.0. The summed E-state index contributed by atoms with van der Waals surface area (Å²) in [4.78, 5) is 8.18. The van der Waals surface area contributed by atoms with Gasteiger partial charge in [-0.15, -0.1) is 0 Å². The number of aliphatic hydroxyl groups excluding tert-OH is 2. The molecule has 7 heteroatoms. The van der Waals surface area contributed by atoms with Gasteiger partial charge in [-0.25, -0.2) is 9.98 Å². The Hall–Kier alpha value is -1.86. The fourth-order valence-electron chi connectivity index (χ4n) is 2.14. The molecule has 3 atom stereocenters. The highest BCUT2D eigenvalue weighted by molar-refractivity contribution is 6.01. The molecule has 0 fully saturated rings. The van der Waals surface area contributed by atoms with Gasteiger partial charge in [-0.1, -0.05) is 12.2 Å². The molecule has 0 bridgehead atoms. The van der Waals surface area contributed by atoms with Crippen LogP contribution in [0.4, 0.5) is 5.82 Å². The van der Waals surface area contributed by atoms with Gasteiger partial charge in [0.25, 0.3) is 0 Å². The van der Waals surface area contributed by atoms with Gasteiger partial charge in [-0.3, -0.25) is 0 Å². The van der Waals surface area contributed by atoms with Gasteiger partial charge in [0.15, 0.2) is 0 Å². The van der Waals surface area contributed by atoms with Crippen molar-refractivity contribution in [2.45, 2.75) is 18.2 Å². The largest absolute Gasteiger partial charge is 0.388 e. The summed E-state index contributed by atoms with van der Waals surface area (Å²) in [5.41, 5.74) is 6.31. The maximum absolute atomic E-state index is 9.85. The number of amidine groups is 1. The molecule has 7 nitrogen and oxygen atoms in total. The van der Waals surface area contributed by atoms with Crippen LogP contribution in [-0.2, 0) is 0 Å². The quantitative estimate of drug-likeness (QED) is 0.457. The lowest BCUT2D eigenvalue weighted by molar-refractivity contribution is 0.0372. The Kier molecular flexibility index (Phi) is 2.17. The number of fused-ring (bicyclic) bond motifs is 1. The minimum absolute atomic E-state index is 0.334. The van der Waals surface area contributed by atoms with E-state index in [1.54, 1.807) is 23.0 Å². The molecule has 2 aliphatic rings. The Morgan fingerprint density at radius 2 is 2.24 bits per heavy atom. The van der Waals surface area contributed by atoms with Crippen LogP contribution in [0.2, 0.25) is 0 Å². The number of nitrogens with one attached hydrogen (secondary N) is 1. The van der Waals surface area contributed by atoms with Gasteiger partial charge in [0.1, 0.15) is 36.2 Å². The maximum Gasteiger partial charge on any atom is 0.150 e. The summed E-state index contributed by atoms with van der Waals surface area (Å²) < 4.78 is 1.76. The number of rotatable bonds is 1. The van der Waals surface area contributed by atoms with Crippen molar-refractivity contribution >= 4 is 11.7 Å². The molecular weight excluding hydrogens is 222 g/mol. The Balaban J connectivity index is 2.01. The van der Waals surface area contributed by atoms with Crippen molar-refractivity contribution in [3.8, 4) is 0 Å². The monoisotopic (exact) mass is 235 g/mol. The fraction of sp³-hybridized carbons (Fsp3) is 0.400. The minimum atomic E-state index is -0.866. The number of hydrogen-bond acceptors (Lipinski definition) is 6. The van der Waals surface area contributed by atoms with Gasteiger partial charge in [0.2, 0.25) is 0 Å². The Labute approximate surface area is 97.3 Å². The second-order valence-corrected chi connectivity index (χ2v) is 4.08. The number of imidazole rings is 1. The molecular formula is C10H13N5O2. The summed E-state index contributed by atoms with van der Waals surface area (Å²) >= 11 is 0. The van der Waals surface area contributed by atoms with Gasteiger partial charge in [-0.05, 0) is 0 Å². The summed E-state index contributed by atoms with van der Waals surface area (Å²) in [5.74, 6) is 1.11. The third kappa shape index (κ3) is 1.43. The smallest absolute Gasteiger partial charge is 0.150 e. The molecule has 3 rings (SSSR count). The molecule has 0 saturated heterocycles. The van der Waals surface area contributed by atoms with E-state index in [-0.39, 0.29) is 6.04 Å². The first-order valence-electron chi connectivity index (χ1n) is 5.34. The molecule has 5 N–H and O–H groups in total. The fourth-order valence-corrected chi connectivity index (χ4v) is 2.14. The molecule has 1 aliphatic carbocycles. The van der Waals surface area contributed by atoms with Gasteiger partial charge < -0.3 is 25.8 Å². The van der Waals surface area contributed by atoms with Crippen LogP contribution in [-0.4, -0.2) is 44.5 Å². The zero-order valence-corrected chi connectivity index (χ0v) is 8.98. The lowest BCUT2D eigenvalue weighted by Gasteiger charge is -2.22. The summed E-state index contributed by atoms with van der Waals surface area (Å²) in [7, 11) is 0.